The van der Waals surface area contributed by atoms with E-state index >= 15 is 0 Å². The highest BCUT2D eigenvalue weighted by Crippen LogP contribution is 2.18. The summed E-state index contributed by atoms with van der Waals surface area (Å²) in [6.45, 7) is 1.94. The summed E-state index contributed by atoms with van der Waals surface area (Å²) in [7, 11) is 0. The molecule has 9 heteroatoms. The quantitative estimate of drug-likeness (QED) is 0.547. The molecule has 1 amide bonds. The van der Waals surface area contributed by atoms with Crippen LogP contribution in [0, 0.1) is 6.92 Å². The molecule has 8 nitrogen and oxygen atoms in total. The van der Waals surface area contributed by atoms with Gasteiger partial charge in [-0.1, -0.05) is 11.2 Å². The van der Waals surface area contributed by atoms with E-state index in [1.54, 1.807) is 31.2 Å². The molecule has 0 aliphatic carbocycles. The van der Waals surface area contributed by atoms with Gasteiger partial charge in [0.2, 0.25) is 5.91 Å². The molecule has 0 atom stereocenters. The maximum Gasteiger partial charge on any atom is 0.264 e. The number of nitrogens with zero attached hydrogens (tertiary/aromatic N) is 4. The first-order valence-electron chi connectivity index (χ1n) is 8.19. The van der Waals surface area contributed by atoms with Gasteiger partial charge in [-0.3, -0.25) is 4.79 Å². The van der Waals surface area contributed by atoms with Crippen molar-refractivity contribution in [3.8, 4) is 5.75 Å². The molecule has 0 saturated carbocycles. The molecule has 0 aliphatic heterocycles. The maximum atomic E-state index is 12.3. The number of anilines is 1. The molecule has 0 aliphatic rings. The second-order valence-electron chi connectivity index (χ2n) is 5.86. The van der Waals surface area contributed by atoms with E-state index in [4.69, 9.17) is 9.26 Å². The van der Waals surface area contributed by atoms with Crippen molar-refractivity contribution in [2.45, 2.75) is 20.0 Å². The minimum Gasteiger partial charge on any atom is -0.484 e. The van der Waals surface area contributed by atoms with Crippen molar-refractivity contribution >= 4 is 34.4 Å². The average molecular weight is 381 g/mol. The molecule has 0 saturated heterocycles. The van der Waals surface area contributed by atoms with Crippen LogP contribution in [0.1, 0.15) is 17.3 Å². The first kappa shape index (κ1) is 17.1. The summed E-state index contributed by atoms with van der Waals surface area (Å²) in [4.78, 5) is 16.3. The zero-order valence-corrected chi connectivity index (χ0v) is 15.2. The maximum absolute atomic E-state index is 12.3. The molecular formula is C18H15N5O3S. The van der Waals surface area contributed by atoms with E-state index in [-0.39, 0.29) is 18.9 Å². The Labute approximate surface area is 158 Å². The Balaban J connectivity index is 1.32. The molecule has 0 radical (unpaired) electrons. The van der Waals surface area contributed by atoms with Crippen molar-refractivity contribution < 1.29 is 14.1 Å². The largest absolute Gasteiger partial charge is 0.484 e. The SMILES string of the molecule is Cc1noc(COc2ccc(NC(=O)Cc3ccc4nsnc4c3)cc2)n1. The Kier molecular flexibility index (Phi) is 4.75. The van der Waals surface area contributed by atoms with Gasteiger partial charge in [-0.25, -0.2) is 0 Å². The van der Waals surface area contributed by atoms with Gasteiger partial charge in [-0.05, 0) is 48.9 Å². The lowest BCUT2D eigenvalue weighted by Crippen LogP contribution is -2.14. The van der Waals surface area contributed by atoms with Crippen molar-refractivity contribution in [3.63, 3.8) is 0 Å². The molecule has 0 spiro atoms. The molecule has 4 aromatic rings. The van der Waals surface area contributed by atoms with E-state index in [9.17, 15) is 4.79 Å². The smallest absolute Gasteiger partial charge is 0.264 e. The van der Waals surface area contributed by atoms with Crippen LogP contribution in [0.4, 0.5) is 5.69 Å². The first-order chi connectivity index (χ1) is 13.2. The second-order valence-corrected chi connectivity index (χ2v) is 6.39. The minimum atomic E-state index is -0.104. The summed E-state index contributed by atoms with van der Waals surface area (Å²) in [6.07, 6.45) is 0.266. The fraction of sp³-hybridized carbons (Fsp3) is 0.167. The van der Waals surface area contributed by atoms with Crippen LogP contribution in [-0.2, 0) is 17.8 Å². The van der Waals surface area contributed by atoms with Gasteiger partial charge < -0.3 is 14.6 Å². The topological polar surface area (TPSA) is 103 Å². The van der Waals surface area contributed by atoms with Crippen molar-refractivity contribution in [1.29, 1.82) is 0 Å². The molecule has 1 N–H and O–H groups in total. The number of hydrogen-bond donors (Lipinski definition) is 1. The van der Waals surface area contributed by atoms with Crippen LogP contribution < -0.4 is 10.1 Å². The van der Waals surface area contributed by atoms with Crippen LogP contribution in [0.5, 0.6) is 5.75 Å². The Hall–Kier alpha value is -3.33. The summed E-state index contributed by atoms with van der Waals surface area (Å²) in [5.41, 5.74) is 3.23. The monoisotopic (exact) mass is 381 g/mol. The van der Waals surface area contributed by atoms with Gasteiger partial charge in [-0.15, -0.1) is 0 Å². The second kappa shape index (κ2) is 7.50. The summed E-state index contributed by atoms with van der Waals surface area (Å²) in [5.74, 6) is 1.52. The number of hydrogen-bond acceptors (Lipinski definition) is 8. The molecule has 2 heterocycles. The van der Waals surface area contributed by atoms with Gasteiger partial charge in [0, 0.05) is 5.69 Å². The van der Waals surface area contributed by atoms with Gasteiger partial charge in [0.1, 0.15) is 16.8 Å². The third kappa shape index (κ3) is 4.26. The van der Waals surface area contributed by atoms with Crippen molar-refractivity contribution in [1.82, 2.24) is 18.9 Å². The number of rotatable bonds is 6. The highest BCUT2D eigenvalue weighted by atomic mass is 32.1. The number of amides is 1. The standard InChI is InChI=1S/C18H15N5O3S/c1-11-19-18(26-21-11)10-25-14-5-3-13(4-6-14)20-17(24)9-12-2-7-15-16(8-12)23-27-22-15/h2-8H,9-10H2,1H3,(H,20,24). The lowest BCUT2D eigenvalue weighted by Gasteiger charge is -2.07. The number of aromatic nitrogens is 4. The predicted molar refractivity (Wildman–Crippen MR) is 99.6 cm³/mol. The molecule has 136 valence electrons. The van der Waals surface area contributed by atoms with Crippen LogP contribution in [0.25, 0.3) is 11.0 Å². The summed E-state index contributed by atoms with van der Waals surface area (Å²) in [5, 5.41) is 6.57. The number of carbonyl (C=O) groups excluding carboxylic acids is 1. The van der Waals surface area contributed by atoms with Gasteiger partial charge in [0.05, 0.1) is 18.1 Å². The lowest BCUT2D eigenvalue weighted by atomic mass is 10.1. The molecule has 0 bridgehead atoms. The number of ether oxygens (including phenoxy) is 1. The van der Waals surface area contributed by atoms with E-state index in [2.05, 4.69) is 24.2 Å². The fourth-order valence-electron chi connectivity index (χ4n) is 2.51. The number of carbonyl (C=O) groups is 1. The van der Waals surface area contributed by atoms with Crippen LogP contribution in [0.3, 0.4) is 0 Å². The fourth-order valence-corrected chi connectivity index (χ4v) is 3.02. The normalized spacial score (nSPS) is 10.9. The minimum absolute atomic E-state index is 0.104. The highest BCUT2D eigenvalue weighted by molar-refractivity contribution is 7.00. The van der Waals surface area contributed by atoms with E-state index in [1.165, 1.54) is 0 Å². The Bertz CT molecular complexity index is 1070. The number of nitrogens with one attached hydrogen (secondary N) is 1. The number of aryl methyl sites for hydroxylation is 1. The van der Waals surface area contributed by atoms with E-state index in [1.807, 2.05) is 18.2 Å². The molecule has 4 rings (SSSR count). The third-order valence-corrected chi connectivity index (χ3v) is 4.31. The third-order valence-electron chi connectivity index (χ3n) is 3.75. The Morgan fingerprint density at radius 2 is 1.96 bits per heavy atom. The van der Waals surface area contributed by atoms with E-state index in [0.29, 0.717) is 23.2 Å². The molecule has 27 heavy (non-hydrogen) atoms. The van der Waals surface area contributed by atoms with Crippen LogP contribution in [0.15, 0.2) is 47.0 Å². The molecule has 0 fully saturated rings. The van der Waals surface area contributed by atoms with Crippen LogP contribution >= 0.6 is 11.7 Å². The molecule has 2 aromatic heterocycles. The number of benzene rings is 2. The average Bonchev–Trinajstić information content (AvgIpc) is 3.29. The zero-order valence-electron chi connectivity index (χ0n) is 14.4. The van der Waals surface area contributed by atoms with Crippen LogP contribution in [-0.4, -0.2) is 24.8 Å². The number of fused-ring (bicyclic) bond motifs is 1. The predicted octanol–water partition coefficient (Wildman–Crippen LogP) is 3.14. The van der Waals surface area contributed by atoms with Gasteiger partial charge in [0.15, 0.2) is 12.4 Å². The van der Waals surface area contributed by atoms with Crippen LogP contribution in [0.2, 0.25) is 0 Å². The summed E-state index contributed by atoms with van der Waals surface area (Å²) < 4.78 is 18.9. The van der Waals surface area contributed by atoms with Gasteiger partial charge in [0.25, 0.3) is 5.89 Å². The van der Waals surface area contributed by atoms with E-state index in [0.717, 1.165) is 28.3 Å². The van der Waals surface area contributed by atoms with Crippen molar-refractivity contribution in [2.24, 2.45) is 0 Å². The van der Waals surface area contributed by atoms with E-state index < -0.39 is 0 Å². The Morgan fingerprint density at radius 1 is 1.15 bits per heavy atom. The zero-order chi connectivity index (χ0) is 18.6. The summed E-state index contributed by atoms with van der Waals surface area (Å²) in [6, 6.07) is 12.7. The highest BCUT2D eigenvalue weighted by Gasteiger charge is 2.08. The molecular weight excluding hydrogens is 366 g/mol. The molecule has 0 unspecified atom stereocenters. The molecule has 2 aromatic carbocycles. The lowest BCUT2D eigenvalue weighted by molar-refractivity contribution is -0.115. The first-order valence-corrected chi connectivity index (χ1v) is 8.92. The Morgan fingerprint density at radius 3 is 2.74 bits per heavy atom. The van der Waals surface area contributed by atoms with Gasteiger partial charge >= 0.3 is 0 Å². The van der Waals surface area contributed by atoms with Gasteiger partial charge in [-0.2, -0.15) is 13.7 Å². The van der Waals surface area contributed by atoms with Crippen molar-refractivity contribution in [3.05, 3.63) is 59.7 Å². The van der Waals surface area contributed by atoms with Crippen molar-refractivity contribution in [2.75, 3.05) is 5.32 Å². The summed E-state index contributed by atoms with van der Waals surface area (Å²) >= 11 is 1.16.